The van der Waals surface area contributed by atoms with Crippen LogP contribution in [0.15, 0.2) is 54.6 Å². The summed E-state index contributed by atoms with van der Waals surface area (Å²) in [6, 6.07) is 17.6. The first kappa shape index (κ1) is 21.7. The lowest BCUT2D eigenvalue weighted by Gasteiger charge is -2.35. The van der Waals surface area contributed by atoms with Crippen LogP contribution in [0.4, 0.5) is 0 Å². The maximum atomic E-state index is 12.5. The predicted molar refractivity (Wildman–Crippen MR) is 119 cm³/mol. The molecule has 0 radical (unpaired) electrons. The van der Waals surface area contributed by atoms with Crippen LogP contribution in [0.25, 0.3) is 0 Å². The largest absolute Gasteiger partial charge is 0.485 e. The SMILES string of the molecule is CN(C)CC(=O)N1C[C@H]2C[C@@H](Oc3ccccc3OCc3ccccc3)[C@H](O)C[C@H]2C1. The van der Waals surface area contributed by atoms with Gasteiger partial charge >= 0.3 is 0 Å². The number of hydrogen-bond donors (Lipinski definition) is 1. The van der Waals surface area contributed by atoms with Crippen molar-refractivity contribution in [2.24, 2.45) is 11.8 Å². The number of fused-ring (bicyclic) bond motifs is 1. The van der Waals surface area contributed by atoms with Crippen LogP contribution in [-0.4, -0.2) is 66.8 Å². The molecule has 4 atom stereocenters. The van der Waals surface area contributed by atoms with Crippen molar-refractivity contribution in [3.8, 4) is 11.5 Å². The molecule has 1 aliphatic carbocycles. The van der Waals surface area contributed by atoms with Crippen LogP contribution in [0.2, 0.25) is 0 Å². The Labute approximate surface area is 184 Å². The minimum atomic E-state index is -0.549. The van der Waals surface area contributed by atoms with E-state index in [-0.39, 0.29) is 12.0 Å². The van der Waals surface area contributed by atoms with Crippen LogP contribution in [0.5, 0.6) is 11.5 Å². The molecule has 2 aliphatic rings. The van der Waals surface area contributed by atoms with Crippen LogP contribution < -0.4 is 9.47 Å². The van der Waals surface area contributed by atoms with Crippen molar-refractivity contribution < 1.29 is 19.4 Å². The van der Waals surface area contributed by atoms with E-state index in [9.17, 15) is 9.90 Å². The van der Waals surface area contributed by atoms with Crippen molar-refractivity contribution in [1.82, 2.24) is 9.80 Å². The summed E-state index contributed by atoms with van der Waals surface area (Å²) in [5.41, 5.74) is 1.09. The maximum Gasteiger partial charge on any atom is 0.236 e. The summed E-state index contributed by atoms with van der Waals surface area (Å²) in [6.07, 6.45) is 0.553. The van der Waals surface area contributed by atoms with Gasteiger partial charge in [-0.05, 0) is 56.5 Å². The molecule has 1 amide bonds. The fraction of sp³-hybridized carbons (Fsp3) is 0.480. The molecule has 166 valence electrons. The Hall–Kier alpha value is -2.57. The van der Waals surface area contributed by atoms with Gasteiger partial charge in [0.15, 0.2) is 11.5 Å². The van der Waals surface area contributed by atoms with Gasteiger partial charge < -0.3 is 24.4 Å². The summed E-state index contributed by atoms with van der Waals surface area (Å²) in [5.74, 6) is 2.18. The Morgan fingerprint density at radius 3 is 2.35 bits per heavy atom. The van der Waals surface area contributed by atoms with Crippen LogP contribution in [-0.2, 0) is 11.4 Å². The van der Waals surface area contributed by atoms with Gasteiger partial charge in [0.05, 0.1) is 12.6 Å². The fourth-order valence-corrected chi connectivity index (χ4v) is 4.66. The van der Waals surface area contributed by atoms with E-state index in [0.717, 1.165) is 25.1 Å². The third kappa shape index (κ3) is 5.38. The number of likely N-dealkylation sites (tertiary alicyclic amines) is 1. The van der Waals surface area contributed by atoms with Gasteiger partial charge in [0.2, 0.25) is 5.91 Å². The molecule has 1 saturated carbocycles. The second-order valence-electron chi connectivity index (χ2n) is 8.97. The lowest BCUT2D eigenvalue weighted by Crippen LogP contribution is -2.42. The molecule has 31 heavy (non-hydrogen) atoms. The first-order valence-corrected chi connectivity index (χ1v) is 11.0. The summed E-state index contributed by atoms with van der Waals surface area (Å²) in [7, 11) is 3.82. The minimum Gasteiger partial charge on any atom is -0.485 e. The van der Waals surface area contributed by atoms with E-state index in [1.165, 1.54) is 0 Å². The zero-order valence-electron chi connectivity index (χ0n) is 18.3. The lowest BCUT2D eigenvalue weighted by atomic mass is 9.78. The van der Waals surface area contributed by atoms with Gasteiger partial charge in [-0.3, -0.25) is 4.79 Å². The highest BCUT2D eigenvalue weighted by molar-refractivity contribution is 5.78. The molecule has 1 saturated heterocycles. The maximum absolute atomic E-state index is 12.5. The summed E-state index contributed by atoms with van der Waals surface area (Å²) in [6.45, 7) is 2.37. The van der Waals surface area contributed by atoms with Gasteiger partial charge in [0.1, 0.15) is 12.7 Å². The normalized spacial score (nSPS) is 25.4. The average Bonchev–Trinajstić information content (AvgIpc) is 3.16. The molecule has 0 bridgehead atoms. The molecule has 2 aromatic carbocycles. The number of ether oxygens (including phenoxy) is 2. The Balaban J connectivity index is 1.38. The topological polar surface area (TPSA) is 62.2 Å². The van der Waals surface area contributed by atoms with Crippen LogP contribution >= 0.6 is 0 Å². The molecule has 1 heterocycles. The molecule has 0 aromatic heterocycles. The zero-order chi connectivity index (χ0) is 21.8. The second kappa shape index (κ2) is 9.71. The molecule has 6 heteroatoms. The smallest absolute Gasteiger partial charge is 0.236 e. The number of aliphatic hydroxyl groups excluding tert-OH is 1. The van der Waals surface area contributed by atoms with E-state index in [4.69, 9.17) is 9.47 Å². The van der Waals surface area contributed by atoms with E-state index in [1.54, 1.807) is 0 Å². The van der Waals surface area contributed by atoms with Gasteiger partial charge in [-0.25, -0.2) is 0 Å². The van der Waals surface area contributed by atoms with Gasteiger partial charge in [-0.15, -0.1) is 0 Å². The Morgan fingerprint density at radius 1 is 1.00 bits per heavy atom. The van der Waals surface area contributed by atoms with Gasteiger partial charge in [0, 0.05) is 13.1 Å². The predicted octanol–water partition coefficient (Wildman–Crippen LogP) is 2.80. The summed E-state index contributed by atoms with van der Waals surface area (Å²) < 4.78 is 12.3. The van der Waals surface area contributed by atoms with Crippen molar-refractivity contribution >= 4 is 5.91 Å². The van der Waals surface area contributed by atoms with Crippen LogP contribution in [0, 0.1) is 11.8 Å². The van der Waals surface area contributed by atoms with Gasteiger partial charge in [-0.1, -0.05) is 42.5 Å². The molecule has 1 N–H and O–H groups in total. The fourth-order valence-electron chi connectivity index (χ4n) is 4.66. The summed E-state index contributed by atoms with van der Waals surface area (Å²) in [5, 5.41) is 10.8. The monoisotopic (exact) mass is 424 g/mol. The quantitative estimate of drug-likeness (QED) is 0.741. The molecule has 2 aromatic rings. The van der Waals surface area contributed by atoms with Gasteiger partial charge in [-0.2, -0.15) is 0 Å². The number of benzene rings is 2. The number of carbonyl (C=O) groups is 1. The van der Waals surface area contributed by atoms with Crippen molar-refractivity contribution in [2.45, 2.75) is 31.7 Å². The first-order valence-electron chi connectivity index (χ1n) is 11.0. The van der Waals surface area contributed by atoms with Crippen LogP contribution in [0.1, 0.15) is 18.4 Å². The van der Waals surface area contributed by atoms with Crippen molar-refractivity contribution in [1.29, 1.82) is 0 Å². The molecular weight excluding hydrogens is 392 g/mol. The molecule has 2 fully saturated rings. The number of para-hydroxylation sites is 2. The van der Waals surface area contributed by atoms with Crippen molar-refractivity contribution in [3.63, 3.8) is 0 Å². The number of hydrogen-bond acceptors (Lipinski definition) is 5. The van der Waals surface area contributed by atoms with Gasteiger partial charge in [0.25, 0.3) is 0 Å². The third-order valence-corrected chi connectivity index (χ3v) is 6.25. The molecule has 4 rings (SSSR count). The molecule has 0 unspecified atom stereocenters. The lowest BCUT2D eigenvalue weighted by molar-refractivity contribution is -0.131. The summed E-state index contributed by atoms with van der Waals surface area (Å²) in [4.78, 5) is 16.3. The molecule has 1 aliphatic heterocycles. The number of aliphatic hydroxyl groups is 1. The van der Waals surface area contributed by atoms with E-state index in [1.807, 2.05) is 78.5 Å². The third-order valence-electron chi connectivity index (χ3n) is 6.25. The van der Waals surface area contributed by atoms with Crippen molar-refractivity contribution in [2.75, 3.05) is 33.7 Å². The Kier molecular flexibility index (Phi) is 6.78. The first-order chi connectivity index (χ1) is 15.0. The Morgan fingerprint density at radius 2 is 1.65 bits per heavy atom. The zero-order valence-corrected chi connectivity index (χ0v) is 18.3. The number of nitrogens with zero attached hydrogens (tertiary/aromatic N) is 2. The second-order valence-corrected chi connectivity index (χ2v) is 8.97. The van der Waals surface area contributed by atoms with Crippen LogP contribution in [0.3, 0.4) is 0 Å². The number of amides is 1. The van der Waals surface area contributed by atoms with E-state index >= 15 is 0 Å². The number of likely N-dealkylation sites (N-methyl/N-ethyl adjacent to an activating group) is 1. The highest BCUT2D eigenvalue weighted by Crippen LogP contribution is 2.39. The van der Waals surface area contributed by atoms with E-state index in [0.29, 0.717) is 42.9 Å². The highest BCUT2D eigenvalue weighted by Gasteiger charge is 2.44. The average molecular weight is 425 g/mol. The molecular formula is C25H32N2O4. The highest BCUT2D eigenvalue weighted by atomic mass is 16.5. The van der Waals surface area contributed by atoms with Crippen molar-refractivity contribution in [3.05, 3.63) is 60.2 Å². The molecule has 6 nitrogen and oxygen atoms in total. The standard InChI is InChI=1S/C25H32N2O4/c1-26(2)16-25(29)27-14-19-12-21(28)24(13-20(19)15-27)31-23-11-7-6-10-22(23)30-17-18-8-4-3-5-9-18/h3-11,19-21,24,28H,12-17H2,1-2H3/t19-,20+,21+,24+/m0/s1. The number of rotatable bonds is 7. The molecule has 0 spiro atoms. The van der Waals surface area contributed by atoms with E-state index < -0.39 is 6.10 Å². The summed E-state index contributed by atoms with van der Waals surface area (Å²) >= 11 is 0. The Bertz CT molecular complexity index is 873. The van der Waals surface area contributed by atoms with E-state index in [2.05, 4.69) is 0 Å². The number of carbonyl (C=O) groups excluding carboxylic acids is 1. The minimum absolute atomic E-state index is 0.158.